The number of methoxy groups -OCH3 is 1. The summed E-state index contributed by atoms with van der Waals surface area (Å²) >= 11 is 11.0. The molecule has 0 saturated carbocycles. The molecule has 0 aliphatic rings. The first-order chi connectivity index (χ1) is 11.2. The summed E-state index contributed by atoms with van der Waals surface area (Å²) in [5, 5.41) is -1.03. The normalized spacial score (nSPS) is 12.2. The van der Waals surface area contributed by atoms with Gasteiger partial charge in [0.1, 0.15) is 0 Å². The molecular formula is C16H10Cl2F3NO2. The number of nitrogens with zero attached hydrogens (tertiary/aromatic N) is 1. The summed E-state index contributed by atoms with van der Waals surface area (Å²) in [6.45, 7) is 0. The van der Waals surface area contributed by atoms with Gasteiger partial charge in [-0.3, -0.25) is 0 Å². The van der Waals surface area contributed by atoms with Crippen molar-refractivity contribution in [3.05, 3.63) is 53.1 Å². The predicted octanol–water partition coefficient (Wildman–Crippen LogP) is 5.62. The maximum absolute atomic E-state index is 12.6. The molecule has 0 saturated heterocycles. The summed E-state index contributed by atoms with van der Waals surface area (Å²) < 4.78 is 42.3. The first-order valence-electron chi connectivity index (χ1n) is 6.51. The maximum Gasteiger partial charge on any atom is 0.444 e. The summed E-state index contributed by atoms with van der Waals surface area (Å²) in [4.78, 5) is 15.1. The van der Waals surface area contributed by atoms with Gasteiger partial charge in [0.2, 0.25) is 5.17 Å². The summed E-state index contributed by atoms with van der Waals surface area (Å²) in [5.41, 5.74) is 1.05. The molecule has 0 bridgehead atoms. The van der Waals surface area contributed by atoms with Gasteiger partial charge in [0.25, 0.3) is 0 Å². The first kappa shape index (κ1) is 18.3. The van der Waals surface area contributed by atoms with E-state index in [0.717, 1.165) is 0 Å². The minimum Gasteiger partial charge on any atom is -0.465 e. The molecule has 8 heteroatoms. The van der Waals surface area contributed by atoms with E-state index in [9.17, 15) is 18.0 Å². The minimum absolute atomic E-state index is 0.0512. The highest BCUT2D eigenvalue weighted by Gasteiger charge is 2.34. The fraction of sp³-hybridized carbons (Fsp3) is 0.125. The number of alkyl halides is 3. The van der Waals surface area contributed by atoms with Crippen molar-refractivity contribution in [1.82, 2.24) is 0 Å². The van der Waals surface area contributed by atoms with Crippen LogP contribution in [0.2, 0.25) is 5.02 Å². The van der Waals surface area contributed by atoms with Crippen molar-refractivity contribution < 1.29 is 22.7 Å². The lowest BCUT2D eigenvalue weighted by atomic mass is 10.0. The average molecular weight is 376 g/mol. The molecule has 0 amide bonds. The van der Waals surface area contributed by atoms with Gasteiger partial charge in [-0.2, -0.15) is 13.2 Å². The summed E-state index contributed by atoms with van der Waals surface area (Å²) in [7, 11) is 1.17. The van der Waals surface area contributed by atoms with Crippen molar-refractivity contribution in [3.8, 4) is 11.1 Å². The lowest BCUT2D eigenvalue weighted by Gasteiger charge is -2.08. The van der Waals surface area contributed by atoms with E-state index in [-0.39, 0.29) is 11.3 Å². The fourth-order valence-electron chi connectivity index (χ4n) is 1.90. The summed E-state index contributed by atoms with van der Waals surface area (Å²) in [6.07, 6.45) is -4.77. The summed E-state index contributed by atoms with van der Waals surface area (Å²) in [5.74, 6) is -0.703. The van der Waals surface area contributed by atoms with Crippen molar-refractivity contribution in [2.75, 3.05) is 7.11 Å². The number of rotatable bonds is 3. The zero-order chi connectivity index (χ0) is 17.9. The zero-order valence-electron chi connectivity index (χ0n) is 12.2. The number of esters is 1. The number of aliphatic imine (C=N–C) groups is 1. The third kappa shape index (κ3) is 4.49. The average Bonchev–Trinajstić information content (AvgIpc) is 2.53. The molecule has 0 radical (unpaired) electrons. The Morgan fingerprint density at radius 2 is 1.71 bits per heavy atom. The van der Waals surface area contributed by atoms with Crippen molar-refractivity contribution in [2.24, 2.45) is 4.99 Å². The Morgan fingerprint density at radius 3 is 2.25 bits per heavy atom. The molecule has 0 aliphatic carbocycles. The molecule has 0 atom stereocenters. The minimum atomic E-state index is -4.77. The molecule has 0 fully saturated rings. The largest absolute Gasteiger partial charge is 0.465 e. The Labute approximate surface area is 145 Å². The second-order valence-electron chi connectivity index (χ2n) is 4.67. The predicted molar refractivity (Wildman–Crippen MR) is 87.2 cm³/mol. The van der Waals surface area contributed by atoms with E-state index in [0.29, 0.717) is 16.1 Å². The molecule has 0 N–H and O–H groups in total. The third-order valence-corrected chi connectivity index (χ3v) is 3.53. The molecule has 2 aromatic rings. The van der Waals surface area contributed by atoms with Crippen LogP contribution >= 0.6 is 23.2 Å². The quantitative estimate of drug-likeness (QED) is 0.515. The molecular weight excluding hydrogens is 366 g/mol. The number of halogens is 5. The molecule has 126 valence electrons. The van der Waals surface area contributed by atoms with Crippen LogP contribution in [0.1, 0.15) is 10.4 Å². The van der Waals surface area contributed by atoms with Crippen LogP contribution in [0, 0.1) is 0 Å². The second kappa shape index (κ2) is 7.23. The van der Waals surface area contributed by atoms with Gasteiger partial charge in [0, 0.05) is 5.02 Å². The van der Waals surface area contributed by atoms with Gasteiger partial charge in [-0.25, -0.2) is 9.79 Å². The van der Waals surface area contributed by atoms with Crippen LogP contribution < -0.4 is 0 Å². The Bertz CT molecular complexity index is 787. The molecule has 0 unspecified atom stereocenters. The fourth-order valence-corrected chi connectivity index (χ4v) is 2.12. The van der Waals surface area contributed by atoms with Crippen molar-refractivity contribution in [1.29, 1.82) is 0 Å². The highest BCUT2D eigenvalue weighted by Crippen LogP contribution is 2.30. The zero-order valence-corrected chi connectivity index (χ0v) is 13.7. The van der Waals surface area contributed by atoms with Gasteiger partial charge in [0.05, 0.1) is 18.4 Å². The topological polar surface area (TPSA) is 38.7 Å². The second-order valence-corrected chi connectivity index (χ2v) is 5.46. The van der Waals surface area contributed by atoms with Crippen LogP contribution in [0.3, 0.4) is 0 Å². The van der Waals surface area contributed by atoms with Gasteiger partial charge in [-0.15, -0.1) is 0 Å². The Hall–Kier alpha value is -2.05. The Balaban J connectivity index is 2.57. The molecule has 24 heavy (non-hydrogen) atoms. The molecule has 0 aliphatic heterocycles. The number of carbonyl (C=O) groups is 1. The third-order valence-electron chi connectivity index (χ3n) is 2.98. The molecule has 0 aromatic heterocycles. The molecule has 3 nitrogen and oxygen atoms in total. The number of benzene rings is 2. The Kier molecular flexibility index (Phi) is 5.51. The molecule has 0 heterocycles. The van der Waals surface area contributed by atoms with Crippen LogP contribution in [0.5, 0.6) is 0 Å². The van der Waals surface area contributed by atoms with Crippen LogP contribution in [-0.4, -0.2) is 24.4 Å². The van der Waals surface area contributed by atoms with E-state index in [2.05, 4.69) is 9.73 Å². The molecule has 0 spiro atoms. The van der Waals surface area contributed by atoms with Crippen LogP contribution in [0.15, 0.2) is 47.5 Å². The molecule has 2 rings (SSSR count). The van der Waals surface area contributed by atoms with E-state index in [1.165, 1.54) is 25.3 Å². The smallest absolute Gasteiger partial charge is 0.444 e. The van der Waals surface area contributed by atoms with Crippen LogP contribution in [0.4, 0.5) is 18.9 Å². The van der Waals surface area contributed by atoms with Gasteiger partial charge in [-0.1, -0.05) is 35.3 Å². The van der Waals surface area contributed by atoms with Crippen LogP contribution in [-0.2, 0) is 4.74 Å². The van der Waals surface area contributed by atoms with Crippen LogP contribution in [0.25, 0.3) is 11.1 Å². The van der Waals surface area contributed by atoms with E-state index in [1.807, 2.05) is 0 Å². The van der Waals surface area contributed by atoms with E-state index >= 15 is 0 Å². The number of carbonyl (C=O) groups excluding carboxylic acids is 1. The summed E-state index contributed by atoms with van der Waals surface area (Å²) in [6, 6.07) is 10.6. The monoisotopic (exact) mass is 375 g/mol. The van der Waals surface area contributed by atoms with Crippen molar-refractivity contribution in [2.45, 2.75) is 6.18 Å². The van der Waals surface area contributed by atoms with Gasteiger partial charge < -0.3 is 4.74 Å². The Morgan fingerprint density at radius 1 is 1.08 bits per heavy atom. The maximum atomic E-state index is 12.6. The van der Waals surface area contributed by atoms with Crippen molar-refractivity contribution in [3.63, 3.8) is 0 Å². The lowest BCUT2D eigenvalue weighted by molar-refractivity contribution is -0.0558. The van der Waals surface area contributed by atoms with Crippen molar-refractivity contribution >= 4 is 40.0 Å². The first-order valence-corrected chi connectivity index (χ1v) is 7.27. The standard InChI is InChI=1S/C16H10Cl2F3NO2/c1-24-14(23)11-6-10(9-2-4-12(17)5-3-9)7-13(8-11)22-15(18)16(19,20)21/h2-8H,1H3/b22-15-. The highest BCUT2D eigenvalue weighted by atomic mass is 35.5. The SMILES string of the molecule is COC(=O)c1cc(/N=C(\Cl)C(F)(F)F)cc(-c2ccc(Cl)cc2)c1. The van der Waals surface area contributed by atoms with E-state index < -0.39 is 17.3 Å². The molecule has 2 aromatic carbocycles. The number of ether oxygens (including phenoxy) is 1. The van der Waals surface area contributed by atoms with Gasteiger partial charge in [-0.05, 0) is 41.5 Å². The van der Waals surface area contributed by atoms with Gasteiger partial charge >= 0.3 is 12.1 Å². The van der Waals surface area contributed by atoms with E-state index in [4.69, 9.17) is 23.2 Å². The van der Waals surface area contributed by atoms with Gasteiger partial charge in [0.15, 0.2) is 0 Å². The lowest BCUT2D eigenvalue weighted by Crippen LogP contribution is -2.16. The number of hydrogen-bond acceptors (Lipinski definition) is 3. The van der Waals surface area contributed by atoms with E-state index in [1.54, 1.807) is 24.3 Å². The highest BCUT2D eigenvalue weighted by molar-refractivity contribution is 6.67. The number of hydrogen-bond donors (Lipinski definition) is 0.